The largest absolute Gasteiger partial charge is 0.384 e. The fourth-order valence-electron chi connectivity index (χ4n) is 2.22. The highest BCUT2D eigenvalue weighted by molar-refractivity contribution is 5.81. The summed E-state index contributed by atoms with van der Waals surface area (Å²) >= 11 is 0. The van der Waals surface area contributed by atoms with Gasteiger partial charge in [-0.05, 0) is 43.9 Å². The van der Waals surface area contributed by atoms with Crippen LogP contribution in [0.5, 0.6) is 0 Å². The number of nitrogens with one attached hydrogen (secondary N) is 2. The van der Waals surface area contributed by atoms with Crippen LogP contribution in [-0.2, 0) is 15.2 Å². The Kier molecular flexibility index (Phi) is 5.71. The van der Waals surface area contributed by atoms with E-state index in [0.29, 0.717) is 18.5 Å². The summed E-state index contributed by atoms with van der Waals surface area (Å²) in [5, 5.41) is 15.8. The molecule has 0 radical (unpaired) electrons. The van der Waals surface area contributed by atoms with Gasteiger partial charge in [0, 0.05) is 18.9 Å². The Morgan fingerprint density at radius 1 is 1.26 bits per heavy atom. The molecule has 5 nitrogen and oxygen atoms in total. The zero-order valence-electron chi connectivity index (χ0n) is 13.3. The molecule has 2 rings (SSSR count). The van der Waals surface area contributed by atoms with Crippen molar-refractivity contribution in [3.8, 4) is 0 Å². The van der Waals surface area contributed by atoms with E-state index >= 15 is 0 Å². The average molecular weight is 322 g/mol. The van der Waals surface area contributed by atoms with Crippen LogP contribution in [0.15, 0.2) is 24.3 Å². The van der Waals surface area contributed by atoms with Crippen molar-refractivity contribution in [2.75, 3.05) is 13.1 Å². The average Bonchev–Trinajstić information content (AvgIpc) is 3.35. The SMILES string of the molecule is CC(O)(CNC(=O)CCCNC(=O)C1CC1)c1ccc(F)cc1. The molecule has 6 heteroatoms. The lowest BCUT2D eigenvalue weighted by Gasteiger charge is -2.24. The molecule has 0 bridgehead atoms. The van der Waals surface area contributed by atoms with Crippen LogP contribution in [0, 0.1) is 11.7 Å². The second kappa shape index (κ2) is 7.55. The molecule has 0 aliphatic heterocycles. The molecule has 0 heterocycles. The van der Waals surface area contributed by atoms with Crippen LogP contribution >= 0.6 is 0 Å². The maximum Gasteiger partial charge on any atom is 0.223 e. The van der Waals surface area contributed by atoms with E-state index in [4.69, 9.17) is 0 Å². The summed E-state index contributed by atoms with van der Waals surface area (Å²) in [5.41, 5.74) is -0.723. The van der Waals surface area contributed by atoms with Gasteiger partial charge in [0.25, 0.3) is 0 Å². The monoisotopic (exact) mass is 322 g/mol. The Bertz CT molecular complexity index is 553. The van der Waals surface area contributed by atoms with E-state index in [1.165, 1.54) is 24.3 Å². The van der Waals surface area contributed by atoms with Gasteiger partial charge in [0.2, 0.25) is 11.8 Å². The zero-order valence-corrected chi connectivity index (χ0v) is 13.3. The Hall–Kier alpha value is -1.95. The van der Waals surface area contributed by atoms with Gasteiger partial charge in [-0.2, -0.15) is 0 Å². The Balaban J connectivity index is 1.66. The van der Waals surface area contributed by atoms with Crippen molar-refractivity contribution in [2.24, 2.45) is 5.92 Å². The molecule has 0 aromatic heterocycles. The molecule has 1 aliphatic rings. The topological polar surface area (TPSA) is 78.4 Å². The summed E-state index contributed by atoms with van der Waals surface area (Å²) in [7, 11) is 0. The predicted molar refractivity (Wildman–Crippen MR) is 83.9 cm³/mol. The van der Waals surface area contributed by atoms with Crippen LogP contribution in [0.4, 0.5) is 4.39 Å². The molecule has 1 unspecified atom stereocenters. The summed E-state index contributed by atoms with van der Waals surface area (Å²) < 4.78 is 12.9. The number of hydrogen-bond acceptors (Lipinski definition) is 3. The van der Waals surface area contributed by atoms with E-state index < -0.39 is 5.60 Å². The minimum Gasteiger partial charge on any atom is -0.384 e. The van der Waals surface area contributed by atoms with Crippen LogP contribution in [-0.4, -0.2) is 30.0 Å². The molecule has 1 fully saturated rings. The summed E-state index contributed by atoms with van der Waals surface area (Å²) in [4.78, 5) is 23.2. The van der Waals surface area contributed by atoms with E-state index in [-0.39, 0.29) is 36.5 Å². The molecule has 3 N–H and O–H groups in total. The second-order valence-electron chi connectivity index (χ2n) is 6.23. The van der Waals surface area contributed by atoms with Crippen molar-refractivity contribution in [1.82, 2.24) is 10.6 Å². The molecule has 1 aliphatic carbocycles. The molecular formula is C17H23FN2O3. The van der Waals surface area contributed by atoms with Gasteiger partial charge in [-0.25, -0.2) is 4.39 Å². The predicted octanol–water partition coefficient (Wildman–Crippen LogP) is 1.46. The standard InChI is InChI=1S/C17H23FN2O3/c1-17(23,13-6-8-14(18)9-7-13)11-20-15(21)3-2-10-19-16(22)12-4-5-12/h6-9,12,23H,2-5,10-11H2,1H3,(H,19,22)(H,20,21). The summed E-state index contributed by atoms with van der Waals surface area (Å²) in [5.74, 6) is -0.311. The van der Waals surface area contributed by atoms with E-state index in [9.17, 15) is 19.1 Å². The molecule has 1 aromatic carbocycles. The summed E-state index contributed by atoms with van der Waals surface area (Å²) in [6.07, 6.45) is 2.77. The van der Waals surface area contributed by atoms with Crippen LogP contribution in [0.2, 0.25) is 0 Å². The first-order chi connectivity index (χ1) is 10.9. The third kappa shape index (κ3) is 5.63. The van der Waals surface area contributed by atoms with Gasteiger partial charge in [-0.1, -0.05) is 12.1 Å². The number of halogens is 1. The second-order valence-corrected chi connectivity index (χ2v) is 6.23. The van der Waals surface area contributed by atoms with Crippen LogP contribution in [0.1, 0.15) is 38.2 Å². The van der Waals surface area contributed by atoms with Crippen molar-refractivity contribution < 1.29 is 19.1 Å². The fourth-order valence-corrected chi connectivity index (χ4v) is 2.22. The summed E-state index contributed by atoms with van der Waals surface area (Å²) in [6.45, 7) is 2.10. The highest BCUT2D eigenvalue weighted by atomic mass is 19.1. The molecule has 0 saturated heterocycles. The quantitative estimate of drug-likeness (QED) is 0.634. The van der Waals surface area contributed by atoms with Gasteiger partial charge < -0.3 is 15.7 Å². The van der Waals surface area contributed by atoms with Crippen LogP contribution in [0.25, 0.3) is 0 Å². The number of carbonyl (C=O) groups is 2. The molecule has 2 amide bonds. The molecule has 0 spiro atoms. The van der Waals surface area contributed by atoms with Crippen molar-refractivity contribution in [2.45, 2.75) is 38.2 Å². The number of amides is 2. The third-order valence-electron chi connectivity index (χ3n) is 3.92. The van der Waals surface area contributed by atoms with Crippen LogP contribution < -0.4 is 10.6 Å². The molecule has 1 aromatic rings. The van der Waals surface area contributed by atoms with E-state index in [1.807, 2.05) is 0 Å². The normalized spacial score (nSPS) is 16.5. The number of carbonyl (C=O) groups excluding carboxylic acids is 2. The Morgan fingerprint density at radius 2 is 1.91 bits per heavy atom. The molecule has 126 valence electrons. The molecular weight excluding hydrogens is 299 g/mol. The highest BCUT2D eigenvalue weighted by Crippen LogP contribution is 2.28. The van der Waals surface area contributed by atoms with Gasteiger partial charge in [-0.3, -0.25) is 9.59 Å². The van der Waals surface area contributed by atoms with Crippen molar-refractivity contribution >= 4 is 11.8 Å². The Labute approximate surface area is 135 Å². The number of benzene rings is 1. The molecule has 1 saturated carbocycles. The van der Waals surface area contributed by atoms with E-state index in [1.54, 1.807) is 6.92 Å². The highest BCUT2D eigenvalue weighted by Gasteiger charge is 2.29. The van der Waals surface area contributed by atoms with Crippen LogP contribution in [0.3, 0.4) is 0 Å². The van der Waals surface area contributed by atoms with Gasteiger partial charge >= 0.3 is 0 Å². The lowest BCUT2D eigenvalue weighted by Crippen LogP contribution is -2.38. The third-order valence-corrected chi connectivity index (χ3v) is 3.92. The number of aliphatic hydroxyl groups is 1. The smallest absolute Gasteiger partial charge is 0.223 e. The minimum atomic E-state index is -1.26. The zero-order chi connectivity index (χ0) is 16.9. The maximum atomic E-state index is 12.9. The van der Waals surface area contributed by atoms with Gasteiger partial charge in [0.15, 0.2) is 0 Å². The Morgan fingerprint density at radius 3 is 2.52 bits per heavy atom. The lowest BCUT2D eigenvalue weighted by molar-refractivity contribution is -0.124. The van der Waals surface area contributed by atoms with Gasteiger partial charge in [-0.15, -0.1) is 0 Å². The summed E-state index contributed by atoms with van der Waals surface area (Å²) in [6, 6.07) is 5.53. The fraction of sp³-hybridized carbons (Fsp3) is 0.529. The minimum absolute atomic E-state index is 0.0475. The van der Waals surface area contributed by atoms with Gasteiger partial charge in [0.1, 0.15) is 11.4 Å². The van der Waals surface area contributed by atoms with E-state index in [2.05, 4.69) is 10.6 Å². The van der Waals surface area contributed by atoms with Crippen molar-refractivity contribution in [3.63, 3.8) is 0 Å². The van der Waals surface area contributed by atoms with Crippen molar-refractivity contribution in [1.29, 1.82) is 0 Å². The van der Waals surface area contributed by atoms with Gasteiger partial charge in [0.05, 0.1) is 6.54 Å². The number of hydrogen-bond donors (Lipinski definition) is 3. The van der Waals surface area contributed by atoms with E-state index in [0.717, 1.165) is 12.8 Å². The first kappa shape index (κ1) is 17.4. The molecule has 1 atom stereocenters. The first-order valence-electron chi connectivity index (χ1n) is 7.91. The number of rotatable bonds is 8. The van der Waals surface area contributed by atoms with Crippen molar-refractivity contribution in [3.05, 3.63) is 35.6 Å². The maximum absolute atomic E-state index is 12.9. The first-order valence-corrected chi connectivity index (χ1v) is 7.91. The molecule has 23 heavy (non-hydrogen) atoms. The lowest BCUT2D eigenvalue weighted by atomic mass is 9.96.